The summed E-state index contributed by atoms with van der Waals surface area (Å²) >= 11 is 0. The normalized spacial score (nSPS) is 19.1. The van der Waals surface area contributed by atoms with Crippen molar-refractivity contribution in [2.75, 3.05) is 24.5 Å². The van der Waals surface area contributed by atoms with Gasteiger partial charge in [0.2, 0.25) is 31.8 Å². The average Bonchev–Trinajstić information content (AvgIpc) is 3.53. The minimum Gasteiger partial charge on any atom is -0.317 e. The van der Waals surface area contributed by atoms with Crippen LogP contribution in [0.3, 0.4) is 0 Å². The van der Waals surface area contributed by atoms with Crippen LogP contribution < -0.4 is 20.1 Å². The summed E-state index contributed by atoms with van der Waals surface area (Å²) in [5, 5.41) is 22.4. The molecule has 16 heteroatoms. The molecular weight excluding hydrogens is 472 g/mol. The highest BCUT2D eigenvalue weighted by Crippen LogP contribution is 2.41. The first-order valence-electron chi connectivity index (χ1n) is 10.2. The molecule has 33 heavy (non-hydrogen) atoms. The molecule has 2 aromatic heterocycles. The van der Waals surface area contributed by atoms with Gasteiger partial charge in [-0.15, -0.1) is 10.2 Å². The highest BCUT2D eigenvalue weighted by atomic mass is 32.2. The highest BCUT2D eigenvalue weighted by Gasteiger charge is 2.35. The van der Waals surface area contributed by atoms with Gasteiger partial charge in [-0.05, 0) is 36.7 Å². The van der Waals surface area contributed by atoms with Gasteiger partial charge < -0.3 is 14.8 Å². The van der Waals surface area contributed by atoms with Gasteiger partial charge in [0.05, 0.1) is 11.3 Å². The first-order valence-corrected chi connectivity index (χ1v) is 13.2. The van der Waals surface area contributed by atoms with E-state index in [1.54, 1.807) is 11.1 Å². The van der Waals surface area contributed by atoms with Gasteiger partial charge in [0.25, 0.3) is 0 Å². The fourth-order valence-electron chi connectivity index (χ4n) is 4.24. The Balaban J connectivity index is 1.75. The minimum absolute atomic E-state index is 0.0601. The lowest BCUT2D eigenvalue weighted by Gasteiger charge is -2.31. The third kappa shape index (κ3) is 3.99. The number of aromatic nitrogens is 6. The fraction of sp³-hybridized carbons (Fsp3) is 0.412. The summed E-state index contributed by atoms with van der Waals surface area (Å²) in [6.07, 6.45) is 4.79. The first kappa shape index (κ1) is 21.9. The van der Waals surface area contributed by atoms with Crippen molar-refractivity contribution in [2.24, 2.45) is 5.14 Å². The molecule has 3 aromatic rings. The molecule has 5 N–H and O–H groups in total. The van der Waals surface area contributed by atoms with Crippen LogP contribution in [0.4, 0.5) is 11.6 Å². The second-order valence-corrected chi connectivity index (χ2v) is 11.0. The molecule has 0 spiro atoms. The highest BCUT2D eigenvalue weighted by molar-refractivity contribution is 7.92. The van der Waals surface area contributed by atoms with Crippen LogP contribution in [0.2, 0.25) is 0 Å². The van der Waals surface area contributed by atoms with Crippen LogP contribution in [0.1, 0.15) is 12.8 Å². The number of imidazole rings is 1. The first-order chi connectivity index (χ1) is 15.8. The van der Waals surface area contributed by atoms with Crippen LogP contribution in [0.25, 0.3) is 11.4 Å². The SMILES string of the molecule is NS(=O)(=O)c1c(S(=O)(=O)NC2CCNC2)ccc(N2CCCn3ccnc32)c1-c1nn[nH]n1. The summed E-state index contributed by atoms with van der Waals surface area (Å²) in [6, 6.07) is 2.39. The van der Waals surface area contributed by atoms with Crippen LogP contribution in [0, 0.1) is 0 Å². The van der Waals surface area contributed by atoms with Crippen LogP contribution in [-0.2, 0) is 26.6 Å². The number of aromatic amines is 1. The Morgan fingerprint density at radius 1 is 1.18 bits per heavy atom. The number of anilines is 2. The number of nitrogens with one attached hydrogen (secondary N) is 3. The van der Waals surface area contributed by atoms with Crippen molar-refractivity contribution >= 4 is 31.7 Å². The maximum atomic E-state index is 13.3. The molecule has 14 nitrogen and oxygen atoms in total. The molecule has 0 bridgehead atoms. The number of primary sulfonamides is 1. The van der Waals surface area contributed by atoms with Gasteiger partial charge >= 0.3 is 0 Å². The summed E-state index contributed by atoms with van der Waals surface area (Å²) in [6.45, 7) is 2.36. The number of tetrazole rings is 1. The molecule has 1 saturated heterocycles. The number of sulfonamides is 2. The van der Waals surface area contributed by atoms with Crippen molar-refractivity contribution in [3.63, 3.8) is 0 Å². The van der Waals surface area contributed by atoms with Crippen molar-refractivity contribution in [2.45, 2.75) is 35.2 Å². The molecule has 2 aliphatic rings. The van der Waals surface area contributed by atoms with E-state index in [9.17, 15) is 16.8 Å². The Labute approximate surface area is 189 Å². The van der Waals surface area contributed by atoms with Gasteiger partial charge in [0.15, 0.2) is 0 Å². The Kier molecular flexibility index (Phi) is 5.40. The zero-order chi connectivity index (χ0) is 23.2. The minimum atomic E-state index is -4.54. The molecule has 2 aliphatic heterocycles. The maximum Gasteiger partial charge on any atom is 0.242 e. The smallest absolute Gasteiger partial charge is 0.242 e. The molecule has 0 aliphatic carbocycles. The number of hydrogen-bond donors (Lipinski definition) is 4. The molecule has 0 radical (unpaired) electrons. The van der Waals surface area contributed by atoms with Gasteiger partial charge in [0, 0.05) is 38.1 Å². The Hall–Kier alpha value is -2.92. The fourth-order valence-corrected chi connectivity index (χ4v) is 7.11. The monoisotopic (exact) mass is 494 g/mol. The lowest BCUT2D eigenvalue weighted by molar-refractivity contribution is 0.555. The summed E-state index contributed by atoms with van der Waals surface area (Å²) in [5.74, 6) is 0.481. The third-order valence-electron chi connectivity index (χ3n) is 5.63. The van der Waals surface area contributed by atoms with Crippen molar-refractivity contribution < 1.29 is 16.8 Å². The summed E-state index contributed by atoms with van der Waals surface area (Å²) in [5.41, 5.74) is 0.296. The number of hydrogen-bond acceptors (Lipinski definition) is 10. The molecule has 0 amide bonds. The zero-order valence-corrected chi connectivity index (χ0v) is 19.0. The molecule has 1 fully saturated rings. The summed E-state index contributed by atoms with van der Waals surface area (Å²) < 4.78 is 56.7. The third-order valence-corrected chi connectivity index (χ3v) is 8.32. The Morgan fingerprint density at radius 3 is 2.73 bits per heavy atom. The molecule has 4 heterocycles. The average molecular weight is 495 g/mol. The van der Waals surface area contributed by atoms with Crippen molar-refractivity contribution in [1.29, 1.82) is 0 Å². The predicted molar refractivity (Wildman–Crippen MR) is 116 cm³/mol. The van der Waals surface area contributed by atoms with Crippen LogP contribution in [0.15, 0.2) is 34.3 Å². The number of aryl methyl sites for hydroxylation is 1. The van der Waals surface area contributed by atoms with E-state index >= 15 is 0 Å². The van der Waals surface area contributed by atoms with E-state index in [2.05, 4.69) is 35.6 Å². The summed E-state index contributed by atoms with van der Waals surface area (Å²) in [7, 11) is -8.79. The van der Waals surface area contributed by atoms with Gasteiger partial charge in [-0.1, -0.05) is 0 Å². The number of fused-ring (bicyclic) bond motifs is 1. The molecule has 5 rings (SSSR count). The molecule has 1 unspecified atom stereocenters. The largest absolute Gasteiger partial charge is 0.317 e. The van der Waals surface area contributed by atoms with Gasteiger partial charge in [-0.25, -0.2) is 31.7 Å². The Bertz CT molecular complexity index is 1380. The molecule has 1 aromatic carbocycles. The van der Waals surface area contributed by atoms with Gasteiger partial charge in [0.1, 0.15) is 9.79 Å². The molecular formula is C17H22N10O4S2. The van der Waals surface area contributed by atoms with E-state index in [-0.39, 0.29) is 17.4 Å². The van der Waals surface area contributed by atoms with Gasteiger partial charge in [-0.2, -0.15) is 5.21 Å². The van der Waals surface area contributed by atoms with E-state index in [4.69, 9.17) is 5.14 Å². The second kappa shape index (κ2) is 8.14. The standard InChI is InChI=1S/C17H22N10O4S2/c18-32(28,29)15-13(33(30,31)23-11-4-5-19-10-11)3-2-12(14(15)16-21-24-25-22-16)27-8-1-7-26-9-6-20-17(26)27/h2-3,6,9,11,19,23H,1,4-5,7-8,10H2,(H2,18,28,29)(H,21,22,24,25). The van der Waals surface area contributed by atoms with Crippen LogP contribution in [0.5, 0.6) is 0 Å². The van der Waals surface area contributed by atoms with Crippen LogP contribution in [-0.4, -0.2) is 72.7 Å². The van der Waals surface area contributed by atoms with E-state index < -0.39 is 29.8 Å². The van der Waals surface area contributed by atoms with E-state index in [0.717, 1.165) is 13.0 Å². The maximum absolute atomic E-state index is 13.3. The number of nitrogens with zero attached hydrogens (tertiary/aromatic N) is 6. The van der Waals surface area contributed by atoms with E-state index in [1.807, 2.05) is 10.8 Å². The summed E-state index contributed by atoms with van der Waals surface area (Å²) in [4.78, 5) is 5.10. The Morgan fingerprint density at radius 2 is 2.03 bits per heavy atom. The molecule has 0 saturated carbocycles. The predicted octanol–water partition coefficient (Wildman–Crippen LogP) is -1.11. The van der Waals surface area contributed by atoms with Crippen LogP contribution >= 0.6 is 0 Å². The number of rotatable bonds is 6. The number of H-pyrrole nitrogens is 1. The quantitative estimate of drug-likeness (QED) is 0.326. The van der Waals surface area contributed by atoms with Crippen molar-refractivity contribution in [1.82, 2.24) is 40.2 Å². The van der Waals surface area contributed by atoms with E-state index in [1.165, 1.54) is 12.1 Å². The number of nitrogens with two attached hydrogens (primary N) is 1. The van der Waals surface area contributed by atoms with Crippen molar-refractivity contribution in [3.8, 4) is 11.4 Å². The van der Waals surface area contributed by atoms with Crippen molar-refractivity contribution in [3.05, 3.63) is 24.5 Å². The second-order valence-electron chi connectivity index (χ2n) is 7.80. The number of benzene rings is 1. The van der Waals surface area contributed by atoms with Gasteiger partial charge in [-0.3, -0.25) is 0 Å². The van der Waals surface area contributed by atoms with E-state index in [0.29, 0.717) is 37.7 Å². The molecule has 176 valence electrons. The topological polar surface area (TPSA) is 194 Å². The lowest BCUT2D eigenvalue weighted by atomic mass is 10.1. The molecule has 1 atom stereocenters. The zero-order valence-electron chi connectivity index (χ0n) is 17.3. The lowest BCUT2D eigenvalue weighted by Crippen LogP contribution is -2.37.